The van der Waals surface area contributed by atoms with Crippen molar-refractivity contribution in [3.05, 3.63) is 34.8 Å². The van der Waals surface area contributed by atoms with Gasteiger partial charge in [0.1, 0.15) is 0 Å². The molecule has 7 heteroatoms. The van der Waals surface area contributed by atoms with Crippen LogP contribution in [0.25, 0.3) is 0 Å². The lowest BCUT2D eigenvalue weighted by molar-refractivity contribution is 0.0787. The van der Waals surface area contributed by atoms with Crippen LogP contribution < -0.4 is 0 Å². The van der Waals surface area contributed by atoms with Gasteiger partial charge in [0.05, 0.1) is 28.5 Å². The molecule has 2 aromatic heterocycles. The highest BCUT2D eigenvalue weighted by Crippen LogP contribution is 2.23. The largest absolute Gasteiger partial charge is 0.336 e. The van der Waals surface area contributed by atoms with E-state index in [-0.39, 0.29) is 11.9 Å². The highest BCUT2D eigenvalue weighted by molar-refractivity contribution is 9.10. The molecule has 2 aromatic rings. The molecule has 1 atom stereocenters. The molecule has 6 nitrogen and oxygen atoms in total. The third-order valence-electron chi connectivity index (χ3n) is 3.14. The maximum Gasteiger partial charge on any atom is 0.257 e. The van der Waals surface area contributed by atoms with Gasteiger partial charge >= 0.3 is 0 Å². The summed E-state index contributed by atoms with van der Waals surface area (Å²) < 4.78 is 2.87. The van der Waals surface area contributed by atoms with Gasteiger partial charge in [-0.3, -0.25) is 14.6 Å². The third kappa shape index (κ3) is 2.05. The zero-order valence-electron chi connectivity index (χ0n) is 9.58. The number of aromatic amines is 1. The average Bonchev–Trinajstić information content (AvgIpc) is 3.09. The van der Waals surface area contributed by atoms with Crippen molar-refractivity contribution in [3.63, 3.8) is 0 Å². The summed E-state index contributed by atoms with van der Waals surface area (Å²) in [6.07, 6.45) is 7.81. The number of aromatic nitrogens is 4. The monoisotopic (exact) mass is 309 g/mol. The number of carbonyl (C=O) groups excluding carboxylic acids is 1. The quantitative estimate of drug-likeness (QED) is 0.913. The first kappa shape index (κ1) is 11.5. The second-order valence-corrected chi connectivity index (χ2v) is 5.23. The minimum Gasteiger partial charge on any atom is -0.336 e. The molecule has 1 fully saturated rings. The summed E-state index contributed by atoms with van der Waals surface area (Å²) in [5, 5.41) is 10.7. The number of likely N-dealkylation sites (tertiary alicyclic amines) is 1. The maximum absolute atomic E-state index is 12.1. The van der Waals surface area contributed by atoms with E-state index < -0.39 is 0 Å². The molecule has 1 aliphatic rings. The van der Waals surface area contributed by atoms with E-state index in [0.717, 1.165) is 17.4 Å². The molecule has 0 radical (unpaired) electrons. The van der Waals surface area contributed by atoms with Crippen molar-refractivity contribution in [2.24, 2.45) is 0 Å². The van der Waals surface area contributed by atoms with Crippen molar-refractivity contribution >= 4 is 21.8 Å². The Balaban J connectivity index is 1.70. The lowest BCUT2D eigenvalue weighted by Crippen LogP contribution is -2.28. The van der Waals surface area contributed by atoms with Gasteiger partial charge in [-0.25, -0.2) is 0 Å². The average molecular weight is 310 g/mol. The van der Waals surface area contributed by atoms with Crippen LogP contribution in [0.3, 0.4) is 0 Å². The molecule has 1 saturated heterocycles. The van der Waals surface area contributed by atoms with Crippen molar-refractivity contribution in [1.82, 2.24) is 24.9 Å². The molecule has 1 amide bonds. The van der Waals surface area contributed by atoms with Crippen LogP contribution >= 0.6 is 15.9 Å². The van der Waals surface area contributed by atoms with Crippen molar-refractivity contribution in [1.29, 1.82) is 0 Å². The first-order valence-corrected chi connectivity index (χ1v) is 6.51. The smallest absolute Gasteiger partial charge is 0.257 e. The van der Waals surface area contributed by atoms with Crippen molar-refractivity contribution in [2.45, 2.75) is 12.5 Å². The predicted octanol–water partition coefficient (Wildman–Crippen LogP) is 1.46. The Morgan fingerprint density at radius 3 is 3.06 bits per heavy atom. The number of H-pyrrole nitrogens is 1. The molecule has 3 heterocycles. The van der Waals surface area contributed by atoms with Crippen LogP contribution in [0.5, 0.6) is 0 Å². The number of carbonyl (C=O) groups is 1. The fourth-order valence-electron chi connectivity index (χ4n) is 2.21. The molecule has 1 aliphatic heterocycles. The van der Waals surface area contributed by atoms with Gasteiger partial charge in [0.15, 0.2) is 0 Å². The van der Waals surface area contributed by atoms with Crippen LogP contribution in [-0.4, -0.2) is 43.9 Å². The molecule has 0 aromatic carbocycles. The molecule has 0 saturated carbocycles. The SMILES string of the molecule is O=C(c1cn[nH]c1)N1CCC(n2cc(Br)cn2)C1. The van der Waals surface area contributed by atoms with Gasteiger partial charge in [-0.15, -0.1) is 0 Å². The van der Waals surface area contributed by atoms with E-state index in [1.54, 1.807) is 18.6 Å². The molecule has 18 heavy (non-hydrogen) atoms. The maximum atomic E-state index is 12.1. The van der Waals surface area contributed by atoms with E-state index in [9.17, 15) is 4.79 Å². The number of nitrogens with zero attached hydrogens (tertiary/aromatic N) is 4. The van der Waals surface area contributed by atoms with E-state index in [1.807, 2.05) is 15.8 Å². The van der Waals surface area contributed by atoms with Gasteiger partial charge in [0.2, 0.25) is 0 Å². The fraction of sp³-hybridized carbons (Fsp3) is 0.364. The van der Waals surface area contributed by atoms with Crippen LogP contribution in [-0.2, 0) is 0 Å². The molecule has 0 bridgehead atoms. The second-order valence-electron chi connectivity index (χ2n) is 4.32. The van der Waals surface area contributed by atoms with Crippen molar-refractivity contribution in [2.75, 3.05) is 13.1 Å². The summed E-state index contributed by atoms with van der Waals surface area (Å²) in [4.78, 5) is 14.0. The predicted molar refractivity (Wildman–Crippen MR) is 68.1 cm³/mol. The fourth-order valence-corrected chi connectivity index (χ4v) is 2.51. The number of amides is 1. The summed E-state index contributed by atoms with van der Waals surface area (Å²) in [5.41, 5.74) is 0.609. The molecular formula is C11H12BrN5O. The highest BCUT2D eigenvalue weighted by Gasteiger charge is 2.28. The standard InChI is InChI=1S/C11H12BrN5O/c12-9-5-15-17(6-9)10-1-2-16(7-10)11(18)8-3-13-14-4-8/h3-6,10H,1-2,7H2,(H,13,14). The lowest BCUT2D eigenvalue weighted by Gasteiger charge is -2.15. The number of halogens is 1. The minimum absolute atomic E-state index is 0.0254. The first-order chi connectivity index (χ1) is 8.74. The summed E-state index contributed by atoms with van der Waals surface area (Å²) in [6, 6.07) is 0.257. The number of nitrogens with one attached hydrogen (secondary N) is 1. The van der Waals surface area contributed by atoms with Gasteiger partial charge in [-0.2, -0.15) is 10.2 Å². The van der Waals surface area contributed by atoms with Gasteiger partial charge < -0.3 is 4.90 Å². The third-order valence-corrected chi connectivity index (χ3v) is 3.55. The Morgan fingerprint density at radius 2 is 2.39 bits per heavy atom. The number of rotatable bonds is 2. The van der Waals surface area contributed by atoms with Gasteiger partial charge in [0, 0.05) is 25.5 Å². The zero-order chi connectivity index (χ0) is 12.5. The Morgan fingerprint density at radius 1 is 1.50 bits per heavy atom. The topological polar surface area (TPSA) is 66.8 Å². The van der Waals surface area contributed by atoms with E-state index in [0.29, 0.717) is 12.1 Å². The molecule has 3 rings (SSSR count). The molecule has 0 spiro atoms. The van der Waals surface area contributed by atoms with Crippen LogP contribution in [0.2, 0.25) is 0 Å². The first-order valence-electron chi connectivity index (χ1n) is 5.72. The van der Waals surface area contributed by atoms with Crippen LogP contribution in [0, 0.1) is 0 Å². The van der Waals surface area contributed by atoms with E-state index in [2.05, 4.69) is 31.2 Å². The molecule has 0 aliphatic carbocycles. The van der Waals surface area contributed by atoms with Crippen LogP contribution in [0.1, 0.15) is 22.8 Å². The van der Waals surface area contributed by atoms with Crippen LogP contribution in [0.4, 0.5) is 0 Å². The zero-order valence-corrected chi connectivity index (χ0v) is 11.2. The number of hydrogen-bond acceptors (Lipinski definition) is 3. The van der Waals surface area contributed by atoms with Gasteiger partial charge in [0.25, 0.3) is 5.91 Å². The lowest BCUT2D eigenvalue weighted by atomic mass is 10.3. The van der Waals surface area contributed by atoms with Crippen molar-refractivity contribution in [3.8, 4) is 0 Å². The summed E-state index contributed by atoms with van der Waals surface area (Å²) in [6.45, 7) is 1.45. The highest BCUT2D eigenvalue weighted by atomic mass is 79.9. The Hall–Kier alpha value is -1.63. The van der Waals surface area contributed by atoms with E-state index in [1.165, 1.54) is 0 Å². The van der Waals surface area contributed by atoms with E-state index in [4.69, 9.17) is 0 Å². The Labute approximate surface area is 112 Å². The second kappa shape index (κ2) is 4.56. The Bertz CT molecular complexity index is 550. The molecule has 1 unspecified atom stereocenters. The number of hydrogen-bond donors (Lipinski definition) is 1. The summed E-state index contributed by atoms with van der Waals surface area (Å²) in [5.74, 6) is 0.0254. The van der Waals surface area contributed by atoms with Gasteiger partial charge in [-0.05, 0) is 22.4 Å². The Kier molecular flexibility index (Phi) is 2.91. The van der Waals surface area contributed by atoms with Crippen molar-refractivity contribution < 1.29 is 4.79 Å². The normalized spacial score (nSPS) is 19.4. The summed E-state index contributed by atoms with van der Waals surface area (Å²) >= 11 is 3.38. The molecular weight excluding hydrogens is 298 g/mol. The van der Waals surface area contributed by atoms with E-state index >= 15 is 0 Å². The minimum atomic E-state index is 0.0254. The van der Waals surface area contributed by atoms with Crippen LogP contribution in [0.15, 0.2) is 29.3 Å². The molecule has 1 N–H and O–H groups in total. The molecule has 94 valence electrons. The van der Waals surface area contributed by atoms with Gasteiger partial charge in [-0.1, -0.05) is 0 Å². The summed E-state index contributed by atoms with van der Waals surface area (Å²) in [7, 11) is 0.